The topological polar surface area (TPSA) is 41.0 Å². The van der Waals surface area contributed by atoms with Crippen LogP contribution in [0.5, 0.6) is 0 Å². The van der Waals surface area contributed by atoms with Gasteiger partial charge in [0.25, 0.3) is 0 Å². The maximum absolute atomic E-state index is 5.44. The second kappa shape index (κ2) is 5.85. The number of anilines is 2. The monoisotopic (exact) mass is 294 g/mol. The fraction of sp³-hybridized carbons (Fsp3) is 0.0625. The maximum atomic E-state index is 5.44. The van der Waals surface area contributed by atoms with Crippen LogP contribution in [0, 0.1) is 0 Å². The molecule has 0 aliphatic heterocycles. The van der Waals surface area contributed by atoms with Gasteiger partial charge in [0, 0.05) is 30.8 Å². The van der Waals surface area contributed by atoms with Crippen molar-refractivity contribution in [1.82, 2.24) is 9.97 Å². The Kier molecular flexibility index (Phi) is 3.75. The Hall–Kier alpha value is -2.53. The van der Waals surface area contributed by atoms with E-state index >= 15 is 0 Å². The Morgan fingerprint density at radius 2 is 1.71 bits per heavy atom. The molecule has 0 amide bonds. The summed E-state index contributed by atoms with van der Waals surface area (Å²) in [5.74, 6) is 0. The fourth-order valence-electron chi connectivity index (χ4n) is 2.02. The van der Waals surface area contributed by atoms with Crippen molar-refractivity contribution in [2.45, 2.75) is 0 Å². The molecule has 0 bridgehead atoms. The van der Waals surface area contributed by atoms with Crippen LogP contribution in [0.15, 0.2) is 60.9 Å². The molecule has 0 saturated carbocycles. The second-order valence-electron chi connectivity index (χ2n) is 4.58. The molecule has 0 radical (unpaired) electrons. The molecule has 1 N–H and O–H groups in total. The van der Waals surface area contributed by atoms with Gasteiger partial charge in [0.2, 0.25) is 0 Å². The number of fused-ring (bicyclic) bond motifs is 1. The zero-order valence-electron chi connectivity index (χ0n) is 11.5. The number of para-hydroxylation sites is 1. The average Bonchev–Trinajstić information content (AvgIpc) is 2.55. The number of benzene rings is 2. The van der Waals surface area contributed by atoms with E-state index < -0.39 is 0 Å². The molecular weight excluding hydrogens is 280 g/mol. The van der Waals surface area contributed by atoms with Gasteiger partial charge in [-0.15, -0.1) is 0 Å². The lowest BCUT2D eigenvalue weighted by Gasteiger charge is -2.21. The summed E-state index contributed by atoms with van der Waals surface area (Å²) in [7, 11) is 1.94. The van der Waals surface area contributed by atoms with Crippen LogP contribution in [0.25, 0.3) is 11.0 Å². The first kappa shape index (κ1) is 13.5. The predicted molar refractivity (Wildman–Crippen MR) is 90.6 cm³/mol. The third kappa shape index (κ3) is 2.98. The molecule has 4 nitrogen and oxygen atoms in total. The van der Waals surface area contributed by atoms with Crippen LogP contribution < -0.4 is 10.2 Å². The molecule has 0 aliphatic carbocycles. The summed E-state index contributed by atoms with van der Waals surface area (Å²) in [5.41, 5.74) is 3.64. The highest BCUT2D eigenvalue weighted by Crippen LogP contribution is 2.17. The zero-order valence-corrected chi connectivity index (χ0v) is 12.3. The van der Waals surface area contributed by atoms with Gasteiger partial charge in [-0.2, -0.15) is 0 Å². The maximum Gasteiger partial charge on any atom is 0.177 e. The summed E-state index contributed by atoms with van der Waals surface area (Å²) in [5, 5.41) is 3.85. The van der Waals surface area contributed by atoms with Crippen LogP contribution in [0.2, 0.25) is 0 Å². The first-order chi connectivity index (χ1) is 10.2. The molecule has 3 aromatic rings. The molecule has 3 rings (SSSR count). The minimum absolute atomic E-state index is 0.629. The molecule has 21 heavy (non-hydrogen) atoms. The largest absolute Gasteiger partial charge is 0.332 e. The highest BCUT2D eigenvalue weighted by molar-refractivity contribution is 7.80. The summed E-state index contributed by atoms with van der Waals surface area (Å²) >= 11 is 5.44. The normalized spacial score (nSPS) is 10.3. The van der Waals surface area contributed by atoms with Gasteiger partial charge in [0.15, 0.2) is 5.11 Å². The molecule has 0 unspecified atom stereocenters. The van der Waals surface area contributed by atoms with E-state index in [1.54, 1.807) is 12.4 Å². The van der Waals surface area contributed by atoms with Gasteiger partial charge in [-0.25, -0.2) is 0 Å². The highest BCUT2D eigenvalue weighted by Gasteiger charge is 2.07. The Bertz CT molecular complexity index is 773. The van der Waals surface area contributed by atoms with Crippen LogP contribution in [0.1, 0.15) is 0 Å². The summed E-state index contributed by atoms with van der Waals surface area (Å²) in [4.78, 5) is 10.5. The molecule has 104 valence electrons. The molecule has 5 heteroatoms. The lowest BCUT2D eigenvalue weighted by atomic mass is 10.2. The van der Waals surface area contributed by atoms with E-state index in [-0.39, 0.29) is 0 Å². The standard InChI is InChI=1S/C16H14N4S/c1-20(13-5-3-2-4-6-13)16(21)19-12-7-8-14-15(11-12)18-10-9-17-14/h2-11H,1H3,(H,19,21). The lowest BCUT2D eigenvalue weighted by Crippen LogP contribution is -2.30. The molecule has 0 saturated heterocycles. The number of hydrogen-bond donors (Lipinski definition) is 1. The van der Waals surface area contributed by atoms with Gasteiger partial charge in [0.05, 0.1) is 11.0 Å². The molecule has 0 aliphatic rings. The Labute approximate surface area is 128 Å². The summed E-state index contributed by atoms with van der Waals surface area (Å²) < 4.78 is 0. The van der Waals surface area contributed by atoms with Crippen molar-refractivity contribution in [2.75, 3.05) is 17.3 Å². The van der Waals surface area contributed by atoms with Crippen LogP contribution >= 0.6 is 12.2 Å². The minimum Gasteiger partial charge on any atom is -0.332 e. The van der Waals surface area contributed by atoms with E-state index in [1.165, 1.54) is 0 Å². The van der Waals surface area contributed by atoms with E-state index in [1.807, 2.05) is 60.5 Å². The molecule has 2 aromatic carbocycles. The molecular formula is C16H14N4S. The lowest BCUT2D eigenvalue weighted by molar-refractivity contribution is 1.27. The minimum atomic E-state index is 0.629. The van der Waals surface area contributed by atoms with Gasteiger partial charge < -0.3 is 10.2 Å². The van der Waals surface area contributed by atoms with E-state index in [0.29, 0.717) is 5.11 Å². The molecule has 0 fully saturated rings. The molecule has 0 atom stereocenters. The van der Waals surface area contributed by atoms with Crippen molar-refractivity contribution in [3.05, 3.63) is 60.9 Å². The Morgan fingerprint density at radius 1 is 1.00 bits per heavy atom. The number of nitrogens with zero attached hydrogens (tertiary/aromatic N) is 3. The van der Waals surface area contributed by atoms with E-state index in [4.69, 9.17) is 12.2 Å². The Morgan fingerprint density at radius 3 is 2.48 bits per heavy atom. The fourth-order valence-corrected chi connectivity index (χ4v) is 2.24. The van der Waals surface area contributed by atoms with E-state index in [9.17, 15) is 0 Å². The van der Waals surface area contributed by atoms with Crippen molar-refractivity contribution in [2.24, 2.45) is 0 Å². The van der Waals surface area contributed by atoms with E-state index in [0.717, 1.165) is 22.4 Å². The molecule has 0 spiro atoms. The second-order valence-corrected chi connectivity index (χ2v) is 4.97. The SMILES string of the molecule is CN(C(=S)Nc1ccc2nccnc2c1)c1ccccc1. The first-order valence-corrected chi connectivity index (χ1v) is 6.95. The number of thiocarbonyl (C=S) groups is 1. The highest BCUT2D eigenvalue weighted by atomic mass is 32.1. The van der Waals surface area contributed by atoms with Crippen LogP contribution in [0.4, 0.5) is 11.4 Å². The van der Waals surface area contributed by atoms with Crippen LogP contribution in [-0.2, 0) is 0 Å². The van der Waals surface area contributed by atoms with E-state index in [2.05, 4.69) is 15.3 Å². The Balaban J connectivity index is 1.80. The quantitative estimate of drug-likeness (QED) is 0.733. The van der Waals surface area contributed by atoms with Gasteiger partial charge >= 0.3 is 0 Å². The number of hydrogen-bond acceptors (Lipinski definition) is 3. The van der Waals surface area contributed by atoms with Gasteiger partial charge in [-0.1, -0.05) is 18.2 Å². The smallest absolute Gasteiger partial charge is 0.177 e. The van der Waals surface area contributed by atoms with Gasteiger partial charge in [-0.05, 0) is 42.5 Å². The number of nitrogens with one attached hydrogen (secondary N) is 1. The van der Waals surface area contributed by atoms with Crippen molar-refractivity contribution < 1.29 is 0 Å². The average molecular weight is 294 g/mol. The van der Waals surface area contributed by atoms with Gasteiger partial charge in [-0.3, -0.25) is 9.97 Å². The molecule has 1 aromatic heterocycles. The van der Waals surface area contributed by atoms with Crippen LogP contribution in [0.3, 0.4) is 0 Å². The van der Waals surface area contributed by atoms with Crippen molar-refractivity contribution >= 4 is 39.7 Å². The van der Waals surface area contributed by atoms with Crippen LogP contribution in [-0.4, -0.2) is 22.1 Å². The number of rotatable bonds is 2. The molecule has 1 heterocycles. The van der Waals surface area contributed by atoms with Crippen molar-refractivity contribution in [3.63, 3.8) is 0 Å². The zero-order chi connectivity index (χ0) is 14.7. The van der Waals surface area contributed by atoms with Crippen molar-refractivity contribution in [1.29, 1.82) is 0 Å². The van der Waals surface area contributed by atoms with Gasteiger partial charge in [0.1, 0.15) is 0 Å². The van der Waals surface area contributed by atoms with Crippen molar-refractivity contribution in [3.8, 4) is 0 Å². The first-order valence-electron chi connectivity index (χ1n) is 6.54. The third-order valence-electron chi connectivity index (χ3n) is 3.17. The third-order valence-corrected chi connectivity index (χ3v) is 3.54. The summed E-state index contributed by atoms with van der Waals surface area (Å²) in [6.45, 7) is 0. The summed E-state index contributed by atoms with van der Waals surface area (Å²) in [6.07, 6.45) is 3.36. The summed E-state index contributed by atoms with van der Waals surface area (Å²) in [6, 6.07) is 15.8. The predicted octanol–water partition coefficient (Wildman–Crippen LogP) is 3.46. The number of aromatic nitrogens is 2.